The Hall–Kier alpha value is -1.63. The van der Waals surface area contributed by atoms with E-state index < -0.39 is 5.97 Å². The van der Waals surface area contributed by atoms with Gasteiger partial charge in [-0.3, -0.25) is 9.69 Å². The van der Waals surface area contributed by atoms with E-state index in [-0.39, 0.29) is 6.54 Å². The molecule has 20 heavy (non-hydrogen) atoms. The molecule has 0 spiro atoms. The SMILES string of the molecule is CN(CC(=O)O)Cc1cn(-c2ccc(Cl)cc2Cl)nn1. The van der Waals surface area contributed by atoms with Crippen molar-refractivity contribution in [3.63, 3.8) is 0 Å². The molecular formula is C12H12Cl2N4O2. The standard InChI is InChI=1S/C12H12Cl2N4O2/c1-17(7-12(19)20)5-9-6-18(16-15-9)11-3-2-8(13)4-10(11)14/h2-4,6H,5,7H2,1H3,(H,19,20). The van der Waals surface area contributed by atoms with Gasteiger partial charge in [0, 0.05) is 11.6 Å². The van der Waals surface area contributed by atoms with Crippen molar-refractivity contribution in [3.8, 4) is 5.69 Å². The molecule has 1 aromatic heterocycles. The van der Waals surface area contributed by atoms with E-state index in [2.05, 4.69) is 10.3 Å². The Morgan fingerprint density at radius 2 is 2.20 bits per heavy atom. The molecule has 0 saturated heterocycles. The van der Waals surface area contributed by atoms with Crippen LogP contribution in [0, 0.1) is 0 Å². The highest BCUT2D eigenvalue weighted by molar-refractivity contribution is 6.35. The summed E-state index contributed by atoms with van der Waals surface area (Å²) in [7, 11) is 1.70. The van der Waals surface area contributed by atoms with Crippen LogP contribution in [0.4, 0.5) is 0 Å². The van der Waals surface area contributed by atoms with Gasteiger partial charge in [0.05, 0.1) is 29.1 Å². The number of nitrogens with zero attached hydrogens (tertiary/aromatic N) is 4. The Morgan fingerprint density at radius 3 is 2.85 bits per heavy atom. The number of likely N-dealkylation sites (N-methyl/N-ethyl adjacent to an activating group) is 1. The minimum atomic E-state index is -0.888. The Labute approximate surface area is 125 Å². The van der Waals surface area contributed by atoms with Crippen LogP contribution in [0.15, 0.2) is 24.4 Å². The van der Waals surface area contributed by atoms with Gasteiger partial charge in [-0.05, 0) is 25.2 Å². The predicted molar refractivity (Wildman–Crippen MR) is 75.3 cm³/mol. The number of rotatable bonds is 5. The van der Waals surface area contributed by atoms with Crippen molar-refractivity contribution >= 4 is 29.2 Å². The number of carbonyl (C=O) groups is 1. The zero-order valence-corrected chi connectivity index (χ0v) is 12.1. The van der Waals surface area contributed by atoms with Crippen molar-refractivity contribution in [2.75, 3.05) is 13.6 Å². The molecule has 2 aromatic rings. The highest BCUT2D eigenvalue weighted by Gasteiger charge is 2.10. The summed E-state index contributed by atoms with van der Waals surface area (Å²) < 4.78 is 1.53. The van der Waals surface area contributed by atoms with Crippen LogP contribution in [0.3, 0.4) is 0 Å². The zero-order valence-electron chi connectivity index (χ0n) is 10.6. The fourth-order valence-corrected chi connectivity index (χ4v) is 2.21. The zero-order chi connectivity index (χ0) is 14.7. The Bertz CT molecular complexity index is 630. The summed E-state index contributed by atoms with van der Waals surface area (Å²) in [5.41, 5.74) is 1.32. The number of benzene rings is 1. The first-order valence-electron chi connectivity index (χ1n) is 5.72. The van der Waals surface area contributed by atoms with Gasteiger partial charge in [-0.1, -0.05) is 28.4 Å². The van der Waals surface area contributed by atoms with Crippen LogP contribution in [0.2, 0.25) is 10.0 Å². The van der Waals surface area contributed by atoms with Crippen molar-refractivity contribution in [1.29, 1.82) is 0 Å². The van der Waals surface area contributed by atoms with Crippen LogP contribution < -0.4 is 0 Å². The lowest BCUT2D eigenvalue weighted by molar-refractivity contribution is -0.138. The summed E-state index contributed by atoms with van der Waals surface area (Å²) in [6, 6.07) is 5.07. The smallest absolute Gasteiger partial charge is 0.317 e. The maximum atomic E-state index is 10.6. The van der Waals surface area contributed by atoms with Crippen LogP contribution in [-0.2, 0) is 11.3 Å². The van der Waals surface area contributed by atoms with E-state index >= 15 is 0 Å². The first-order chi connectivity index (χ1) is 9.45. The second-order valence-electron chi connectivity index (χ2n) is 4.32. The van der Waals surface area contributed by atoms with E-state index in [4.69, 9.17) is 28.3 Å². The van der Waals surface area contributed by atoms with E-state index in [1.807, 2.05) is 0 Å². The number of hydrogen-bond acceptors (Lipinski definition) is 4. The lowest BCUT2D eigenvalue weighted by Gasteiger charge is -2.10. The summed E-state index contributed by atoms with van der Waals surface area (Å²) in [4.78, 5) is 12.2. The second kappa shape index (κ2) is 6.21. The molecule has 0 amide bonds. The minimum Gasteiger partial charge on any atom is -0.480 e. The number of halogens is 2. The molecule has 1 heterocycles. The molecule has 0 unspecified atom stereocenters. The summed E-state index contributed by atoms with van der Waals surface area (Å²) >= 11 is 11.9. The second-order valence-corrected chi connectivity index (χ2v) is 5.16. The third kappa shape index (κ3) is 3.69. The normalized spacial score (nSPS) is 11.0. The molecule has 0 radical (unpaired) electrons. The third-order valence-electron chi connectivity index (χ3n) is 2.53. The van der Waals surface area contributed by atoms with Gasteiger partial charge < -0.3 is 5.11 Å². The lowest BCUT2D eigenvalue weighted by Crippen LogP contribution is -2.25. The van der Waals surface area contributed by atoms with Crippen LogP contribution >= 0.6 is 23.2 Å². The molecular weight excluding hydrogens is 303 g/mol. The van der Waals surface area contributed by atoms with E-state index in [1.54, 1.807) is 36.3 Å². The minimum absolute atomic E-state index is 0.0610. The highest BCUT2D eigenvalue weighted by atomic mass is 35.5. The maximum absolute atomic E-state index is 10.6. The lowest BCUT2D eigenvalue weighted by atomic mass is 10.3. The molecule has 0 bridgehead atoms. The number of hydrogen-bond donors (Lipinski definition) is 1. The number of aromatic nitrogens is 3. The summed E-state index contributed by atoms with van der Waals surface area (Å²) in [5, 5.41) is 17.7. The van der Waals surface area contributed by atoms with Gasteiger partial charge in [0.1, 0.15) is 0 Å². The first kappa shape index (κ1) is 14.8. The third-order valence-corrected chi connectivity index (χ3v) is 3.07. The van der Waals surface area contributed by atoms with E-state index in [1.165, 1.54) is 4.68 Å². The van der Waals surface area contributed by atoms with Crippen molar-refractivity contribution < 1.29 is 9.90 Å². The quantitative estimate of drug-likeness (QED) is 0.915. The average Bonchev–Trinajstić information content (AvgIpc) is 2.75. The molecule has 0 atom stereocenters. The molecule has 6 nitrogen and oxygen atoms in total. The summed E-state index contributed by atoms with van der Waals surface area (Å²) in [6.07, 6.45) is 1.70. The molecule has 0 aliphatic heterocycles. The van der Waals surface area contributed by atoms with E-state index in [0.29, 0.717) is 28.0 Å². The topological polar surface area (TPSA) is 71.2 Å². The molecule has 0 fully saturated rings. The monoisotopic (exact) mass is 314 g/mol. The molecule has 106 valence electrons. The van der Waals surface area contributed by atoms with Gasteiger partial charge in [0.15, 0.2) is 0 Å². The van der Waals surface area contributed by atoms with E-state index in [9.17, 15) is 4.79 Å². The van der Waals surface area contributed by atoms with Gasteiger partial charge in [0.2, 0.25) is 0 Å². The van der Waals surface area contributed by atoms with Crippen molar-refractivity contribution in [2.45, 2.75) is 6.54 Å². The highest BCUT2D eigenvalue weighted by Crippen LogP contribution is 2.23. The fourth-order valence-electron chi connectivity index (χ4n) is 1.72. The number of carboxylic acid groups (broad SMARTS) is 1. The maximum Gasteiger partial charge on any atom is 0.317 e. The first-order valence-corrected chi connectivity index (χ1v) is 6.48. The predicted octanol–water partition coefficient (Wildman–Crippen LogP) is 2.09. The molecule has 8 heteroatoms. The summed E-state index contributed by atoms with van der Waals surface area (Å²) in [6.45, 7) is 0.325. The van der Waals surface area contributed by atoms with E-state index in [0.717, 1.165) is 0 Å². The Morgan fingerprint density at radius 1 is 1.45 bits per heavy atom. The Kier molecular flexibility index (Phi) is 4.59. The van der Waals surface area contributed by atoms with Crippen LogP contribution in [0.5, 0.6) is 0 Å². The largest absolute Gasteiger partial charge is 0.480 e. The Balaban J connectivity index is 2.14. The fraction of sp³-hybridized carbons (Fsp3) is 0.250. The summed E-state index contributed by atoms with van der Waals surface area (Å²) in [5.74, 6) is -0.888. The van der Waals surface area contributed by atoms with Crippen LogP contribution in [0.25, 0.3) is 5.69 Å². The molecule has 1 aromatic carbocycles. The number of carboxylic acids is 1. The molecule has 0 aliphatic rings. The molecule has 0 aliphatic carbocycles. The van der Waals surface area contributed by atoms with Gasteiger partial charge in [-0.2, -0.15) is 0 Å². The number of aliphatic carboxylic acids is 1. The van der Waals surface area contributed by atoms with Crippen LogP contribution in [0.1, 0.15) is 5.69 Å². The van der Waals surface area contributed by atoms with Crippen molar-refractivity contribution in [1.82, 2.24) is 19.9 Å². The molecule has 2 rings (SSSR count). The van der Waals surface area contributed by atoms with Gasteiger partial charge in [-0.15, -0.1) is 5.10 Å². The van der Waals surface area contributed by atoms with Gasteiger partial charge in [-0.25, -0.2) is 4.68 Å². The average molecular weight is 315 g/mol. The van der Waals surface area contributed by atoms with Gasteiger partial charge in [0.25, 0.3) is 0 Å². The van der Waals surface area contributed by atoms with Crippen LogP contribution in [-0.4, -0.2) is 44.6 Å². The van der Waals surface area contributed by atoms with Crippen molar-refractivity contribution in [3.05, 3.63) is 40.1 Å². The van der Waals surface area contributed by atoms with Gasteiger partial charge >= 0.3 is 5.97 Å². The molecule has 1 N–H and O–H groups in total. The van der Waals surface area contributed by atoms with Crippen molar-refractivity contribution in [2.24, 2.45) is 0 Å². The molecule has 0 saturated carbocycles.